The van der Waals surface area contributed by atoms with Crippen LogP contribution in [0, 0.1) is 0 Å². The summed E-state index contributed by atoms with van der Waals surface area (Å²) in [6.07, 6.45) is 5.86. The van der Waals surface area contributed by atoms with Crippen LogP contribution in [0.4, 0.5) is 5.95 Å². The molecule has 0 amide bonds. The fraction of sp³-hybridized carbons (Fsp3) is 0.615. The Morgan fingerprint density at radius 2 is 2.00 bits per heavy atom. The molecule has 0 aromatic carbocycles. The molecule has 104 valence electrons. The van der Waals surface area contributed by atoms with Crippen molar-refractivity contribution in [3.05, 3.63) is 16.7 Å². The van der Waals surface area contributed by atoms with Gasteiger partial charge >= 0.3 is 0 Å². The Bertz CT molecular complexity index is 621. The number of anilines is 1. The van der Waals surface area contributed by atoms with Crippen LogP contribution < -0.4 is 11.3 Å². The Kier molecular flexibility index (Phi) is 3.59. The van der Waals surface area contributed by atoms with E-state index in [1.54, 1.807) is 6.33 Å². The van der Waals surface area contributed by atoms with Crippen LogP contribution in [-0.2, 0) is 5.54 Å². The maximum Gasteiger partial charge on any atom is 0.280 e. The lowest BCUT2D eigenvalue weighted by Gasteiger charge is -2.31. The van der Waals surface area contributed by atoms with Gasteiger partial charge in [0, 0.05) is 5.54 Å². The average molecular weight is 263 g/mol. The second-order valence-electron chi connectivity index (χ2n) is 5.23. The van der Waals surface area contributed by atoms with E-state index < -0.39 is 0 Å². The molecule has 2 aromatic rings. The molecule has 0 fully saturated rings. The lowest BCUT2D eigenvalue weighted by molar-refractivity contribution is 0.271. The molecule has 6 heteroatoms. The van der Waals surface area contributed by atoms with E-state index in [0.29, 0.717) is 11.2 Å². The molecule has 0 aliphatic heterocycles. The summed E-state index contributed by atoms with van der Waals surface area (Å²) < 4.78 is 2.00. The quantitative estimate of drug-likeness (QED) is 0.863. The highest BCUT2D eigenvalue weighted by atomic mass is 16.1. The standard InChI is InChI=1S/C13H21N5O/c1-4-6-13(3,7-5-2)18-8-15-9-10(18)16-12(14)17-11(9)19/h8H,4-7H2,1-3H3,(H3,14,16,17,19). The third-order valence-electron chi connectivity index (χ3n) is 3.58. The Balaban J connectivity index is 2.64. The third-order valence-corrected chi connectivity index (χ3v) is 3.58. The third kappa shape index (κ3) is 2.34. The Morgan fingerprint density at radius 3 is 2.58 bits per heavy atom. The van der Waals surface area contributed by atoms with Crippen LogP contribution in [0.25, 0.3) is 11.2 Å². The van der Waals surface area contributed by atoms with Gasteiger partial charge in [-0.15, -0.1) is 0 Å². The number of aromatic amines is 1. The summed E-state index contributed by atoms with van der Waals surface area (Å²) in [6.45, 7) is 6.49. The molecule has 3 N–H and O–H groups in total. The molecule has 0 radical (unpaired) electrons. The molecule has 0 bridgehead atoms. The lowest BCUT2D eigenvalue weighted by Crippen LogP contribution is -2.30. The molecule has 2 aromatic heterocycles. The molecule has 2 rings (SSSR count). The van der Waals surface area contributed by atoms with E-state index in [4.69, 9.17) is 5.73 Å². The number of hydrogen-bond acceptors (Lipinski definition) is 4. The Hall–Kier alpha value is -1.85. The van der Waals surface area contributed by atoms with Gasteiger partial charge in [0.1, 0.15) is 0 Å². The van der Waals surface area contributed by atoms with Crippen LogP contribution >= 0.6 is 0 Å². The van der Waals surface area contributed by atoms with Crippen molar-refractivity contribution in [2.24, 2.45) is 0 Å². The largest absolute Gasteiger partial charge is 0.369 e. The van der Waals surface area contributed by atoms with Gasteiger partial charge in [0.05, 0.1) is 6.33 Å². The van der Waals surface area contributed by atoms with Crippen molar-refractivity contribution >= 4 is 17.1 Å². The number of fused-ring (bicyclic) bond motifs is 1. The summed E-state index contributed by atoms with van der Waals surface area (Å²) in [5.41, 5.74) is 6.21. The fourth-order valence-corrected chi connectivity index (χ4v) is 2.76. The molecule has 0 aliphatic carbocycles. The van der Waals surface area contributed by atoms with Crippen LogP contribution in [0.1, 0.15) is 46.5 Å². The van der Waals surface area contributed by atoms with Crippen molar-refractivity contribution < 1.29 is 0 Å². The molecule has 0 saturated heterocycles. The first-order valence-corrected chi connectivity index (χ1v) is 6.75. The number of nitrogens with two attached hydrogens (primary N) is 1. The molecule has 0 saturated carbocycles. The van der Waals surface area contributed by atoms with Crippen molar-refractivity contribution in [3.63, 3.8) is 0 Å². The maximum atomic E-state index is 11.8. The summed E-state index contributed by atoms with van der Waals surface area (Å²) in [5.74, 6) is 0.134. The molecule has 0 spiro atoms. The number of rotatable bonds is 5. The van der Waals surface area contributed by atoms with Gasteiger partial charge in [0.25, 0.3) is 5.56 Å². The van der Waals surface area contributed by atoms with Crippen molar-refractivity contribution in [3.8, 4) is 0 Å². The summed E-state index contributed by atoms with van der Waals surface area (Å²) in [4.78, 5) is 22.7. The van der Waals surface area contributed by atoms with E-state index in [-0.39, 0.29) is 17.0 Å². The second-order valence-corrected chi connectivity index (χ2v) is 5.23. The number of nitrogens with one attached hydrogen (secondary N) is 1. The summed E-state index contributed by atoms with van der Waals surface area (Å²) in [5, 5.41) is 0. The average Bonchev–Trinajstić information content (AvgIpc) is 2.74. The zero-order valence-electron chi connectivity index (χ0n) is 11.7. The highest BCUT2D eigenvalue weighted by Crippen LogP contribution is 2.30. The van der Waals surface area contributed by atoms with E-state index in [2.05, 4.69) is 35.7 Å². The van der Waals surface area contributed by atoms with Crippen LogP contribution in [0.5, 0.6) is 0 Å². The smallest absolute Gasteiger partial charge is 0.280 e. The van der Waals surface area contributed by atoms with Crippen LogP contribution in [0.3, 0.4) is 0 Å². The van der Waals surface area contributed by atoms with E-state index in [0.717, 1.165) is 25.7 Å². The monoisotopic (exact) mass is 263 g/mol. The number of nitrogens with zero attached hydrogens (tertiary/aromatic N) is 3. The van der Waals surface area contributed by atoms with Gasteiger partial charge in [0.15, 0.2) is 11.2 Å². The first-order valence-electron chi connectivity index (χ1n) is 6.75. The maximum absolute atomic E-state index is 11.8. The highest BCUT2D eigenvalue weighted by Gasteiger charge is 2.27. The van der Waals surface area contributed by atoms with Gasteiger partial charge in [-0.1, -0.05) is 26.7 Å². The Labute approximate surface area is 112 Å². The number of aromatic nitrogens is 4. The van der Waals surface area contributed by atoms with Gasteiger partial charge in [0.2, 0.25) is 5.95 Å². The van der Waals surface area contributed by atoms with Gasteiger partial charge in [-0.2, -0.15) is 4.98 Å². The molecule has 0 atom stereocenters. The van der Waals surface area contributed by atoms with Gasteiger partial charge in [-0.05, 0) is 19.8 Å². The molecule has 0 aliphatic rings. The number of imidazole rings is 1. The fourth-order valence-electron chi connectivity index (χ4n) is 2.76. The predicted molar refractivity (Wildman–Crippen MR) is 76.0 cm³/mol. The molecule has 19 heavy (non-hydrogen) atoms. The van der Waals surface area contributed by atoms with Crippen molar-refractivity contribution in [2.45, 2.75) is 52.0 Å². The van der Waals surface area contributed by atoms with Crippen molar-refractivity contribution in [2.75, 3.05) is 5.73 Å². The lowest BCUT2D eigenvalue weighted by atomic mass is 9.90. The topological polar surface area (TPSA) is 89.6 Å². The zero-order valence-corrected chi connectivity index (χ0v) is 11.7. The molecular weight excluding hydrogens is 242 g/mol. The number of hydrogen-bond donors (Lipinski definition) is 2. The first kappa shape index (κ1) is 13.6. The minimum Gasteiger partial charge on any atom is -0.369 e. The number of nitrogen functional groups attached to an aromatic ring is 1. The van der Waals surface area contributed by atoms with Crippen LogP contribution in [-0.4, -0.2) is 19.5 Å². The van der Waals surface area contributed by atoms with E-state index >= 15 is 0 Å². The van der Waals surface area contributed by atoms with Gasteiger partial charge < -0.3 is 10.3 Å². The summed E-state index contributed by atoms with van der Waals surface area (Å²) >= 11 is 0. The zero-order chi connectivity index (χ0) is 14.0. The van der Waals surface area contributed by atoms with Crippen molar-refractivity contribution in [1.29, 1.82) is 0 Å². The Morgan fingerprint density at radius 1 is 1.37 bits per heavy atom. The van der Waals surface area contributed by atoms with Gasteiger partial charge in [-0.25, -0.2) is 4.98 Å². The van der Waals surface area contributed by atoms with Crippen LogP contribution in [0.2, 0.25) is 0 Å². The molecular formula is C13H21N5O. The van der Waals surface area contributed by atoms with E-state index in [9.17, 15) is 4.79 Å². The van der Waals surface area contributed by atoms with Gasteiger partial charge in [-0.3, -0.25) is 9.78 Å². The normalized spacial score (nSPS) is 12.2. The SMILES string of the molecule is CCCC(C)(CCC)n1cnc2c(=O)[nH]c(N)nc21. The van der Waals surface area contributed by atoms with E-state index in [1.807, 2.05) is 4.57 Å². The van der Waals surface area contributed by atoms with Crippen LogP contribution in [0.15, 0.2) is 11.1 Å². The minimum atomic E-state index is -0.281. The van der Waals surface area contributed by atoms with Crippen molar-refractivity contribution in [1.82, 2.24) is 19.5 Å². The number of H-pyrrole nitrogens is 1. The molecule has 6 nitrogen and oxygen atoms in total. The first-order chi connectivity index (χ1) is 9.01. The highest BCUT2D eigenvalue weighted by molar-refractivity contribution is 5.70. The minimum absolute atomic E-state index is 0.0779. The summed E-state index contributed by atoms with van der Waals surface area (Å²) in [6, 6.07) is 0. The summed E-state index contributed by atoms with van der Waals surface area (Å²) in [7, 11) is 0. The second kappa shape index (κ2) is 5.03. The van der Waals surface area contributed by atoms with E-state index in [1.165, 1.54) is 0 Å². The molecule has 0 unspecified atom stereocenters. The predicted octanol–water partition coefficient (Wildman–Crippen LogP) is 2.02. The molecule has 2 heterocycles.